The summed E-state index contributed by atoms with van der Waals surface area (Å²) in [6.45, 7) is 0.0605. The van der Waals surface area contributed by atoms with E-state index in [9.17, 15) is 4.79 Å². The normalized spacial score (nSPS) is 29.7. The predicted molar refractivity (Wildman–Crippen MR) is 38.0 cm³/mol. The molecule has 2 heterocycles. The molecule has 1 N–H and O–H groups in total. The van der Waals surface area contributed by atoms with Crippen molar-refractivity contribution in [2.24, 2.45) is 0 Å². The van der Waals surface area contributed by atoms with Crippen LogP contribution in [0.5, 0.6) is 0 Å². The van der Waals surface area contributed by atoms with Gasteiger partial charge in [0.1, 0.15) is 0 Å². The Kier molecular flexibility index (Phi) is 1.25. The van der Waals surface area contributed by atoms with Crippen LogP contribution in [-0.4, -0.2) is 27.9 Å². The smallest absolute Gasteiger partial charge is 0.230 e. The Bertz CT molecular complexity index is 214. The van der Waals surface area contributed by atoms with Crippen LogP contribution < -0.4 is 0 Å². The summed E-state index contributed by atoms with van der Waals surface area (Å²) in [5, 5.41) is 8.99. The molecule has 0 bridgehead atoms. The molecule has 0 aliphatic carbocycles. The lowest BCUT2D eigenvalue weighted by atomic mass is 10.2. The molecule has 0 radical (unpaired) electrons. The maximum Gasteiger partial charge on any atom is 0.230 e. The molecule has 0 unspecified atom stereocenters. The molecule has 2 aliphatic heterocycles. The Labute approximate surface area is 62.7 Å². The third-order valence-corrected chi connectivity index (χ3v) is 2.88. The van der Waals surface area contributed by atoms with Crippen LogP contribution in [0.1, 0.15) is 6.42 Å². The van der Waals surface area contributed by atoms with Gasteiger partial charge in [0, 0.05) is 11.1 Å². The summed E-state index contributed by atoms with van der Waals surface area (Å²) < 4.78 is 0. The SMILES string of the molecule is O=C1C[C@H]2SC(CO)=CN12. The first-order chi connectivity index (χ1) is 4.81. The van der Waals surface area contributed by atoms with Gasteiger partial charge in [-0.2, -0.15) is 0 Å². The first-order valence-corrected chi connectivity index (χ1v) is 3.98. The fourth-order valence-electron chi connectivity index (χ4n) is 1.09. The molecule has 0 aromatic rings. The Balaban J connectivity index is 2.12. The van der Waals surface area contributed by atoms with E-state index in [1.165, 1.54) is 0 Å². The van der Waals surface area contributed by atoms with Crippen LogP contribution in [0.2, 0.25) is 0 Å². The highest BCUT2D eigenvalue weighted by atomic mass is 32.2. The number of hydrogen-bond donors (Lipinski definition) is 1. The van der Waals surface area contributed by atoms with Gasteiger partial charge < -0.3 is 10.0 Å². The monoisotopic (exact) mass is 157 g/mol. The first kappa shape index (κ1) is 6.24. The Morgan fingerprint density at radius 1 is 1.90 bits per heavy atom. The van der Waals surface area contributed by atoms with E-state index in [1.54, 1.807) is 22.9 Å². The molecule has 0 spiro atoms. The third-order valence-electron chi connectivity index (χ3n) is 1.67. The number of aliphatic hydroxyl groups excluding tert-OH is 1. The summed E-state index contributed by atoms with van der Waals surface area (Å²) in [5.41, 5.74) is 0. The van der Waals surface area contributed by atoms with E-state index in [0.29, 0.717) is 11.8 Å². The molecule has 2 rings (SSSR count). The van der Waals surface area contributed by atoms with Crippen molar-refractivity contribution < 1.29 is 9.90 Å². The predicted octanol–water partition coefficient (Wildman–Crippen LogP) is 0.125. The molecule has 1 amide bonds. The molecule has 1 saturated heterocycles. The van der Waals surface area contributed by atoms with E-state index in [4.69, 9.17) is 5.11 Å². The standard InChI is InChI=1S/C6H7NO2S/c8-3-4-2-7-5(9)1-6(7)10-4/h2,6,8H,1,3H2/t6-/m1/s1. The van der Waals surface area contributed by atoms with E-state index in [2.05, 4.69) is 0 Å². The van der Waals surface area contributed by atoms with Gasteiger partial charge in [0.05, 0.1) is 18.4 Å². The minimum absolute atomic E-state index is 0.0605. The molecule has 4 heteroatoms. The number of fused-ring (bicyclic) bond motifs is 1. The van der Waals surface area contributed by atoms with Gasteiger partial charge in [-0.25, -0.2) is 0 Å². The van der Waals surface area contributed by atoms with Gasteiger partial charge in [0.2, 0.25) is 5.91 Å². The third kappa shape index (κ3) is 0.690. The zero-order valence-electron chi connectivity index (χ0n) is 5.28. The van der Waals surface area contributed by atoms with Gasteiger partial charge in [-0.3, -0.25) is 4.79 Å². The van der Waals surface area contributed by atoms with Crippen LogP contribution in [0.25, 0.3) is 0 Å². The van der Waals surface area contributed by atoms with Crippen molar-refractivity contribution in [3.63, 3.8) is 0 Å². The van der Waals surface area contributed by atoms with E-state index in [-0.39, 0.29) is 12.5 Å². The molecule has 2 aliphatic rings. The van der Waals surface area contributed by atoms with Gasteiger partial charge >= 0.3 is 0 Å². The average Bonchev–Trinajstić information content (AvgIpc) is 2.26. The number of aliphatic hydroxyl groups is 1. The summed E-state index contributed by atoms with van der Waals surface area (Å²) >= 11 is 1.58. The van der Waals surface area contributed by atoms with Crippen LogP contribution in [0, 0.1) is 0 Å². The fraction of sp³-hybridized carbons (Fsp3) is 0.500. The molecule has 10 heavy (non-hydrogen) atoms. The largest absolute Gasteiger partial charge is 0.391 e. The van der Waals surface area contributed by atoms with Crippen molar-refractivity contribution >= 4 is 17.7 Å². The fourth-order valence-corrected chi connectivity index (χ4v) is 2.21. The summed E-state index contributed by atoms with van der Waals surface area (Å²) in [6, 6.07) is 0. The second-order valence-electron chi connectivity index (χ2n) is 2.33. The summed E-state index contributed by atoms with van der Waals surface area (Å²) in [4.78, 5) is 13.3. The Morgan fingerprint density at radius 2 is 2.70 bits per heavy atom. The summed E-state index contributed by atoms with van der Waals surface area (Å²) in [7, 11) is 0. The highest BCUT2D eigenvalue weighted by Gasteiger charge is 2.39. The number of carbonyl (C=O) groups excluding carboxylic acids is 1. The molecule has 0 aromatic carbocycles. The lowest BCUT2D eigenvalue weighted by Gasteiger charge is -2.31. The highest BCUT2D eigenvalue weighted by molar-refractivity contribution is 8.04. The quantitative estimate of drug-likeness (QED) is 0.550. The van der Waals surface area contributed by atoms with Crippen molar-refractivity contribution in [3.8, 4) is 0 Å². The van der Waals surface area contributed by atoms with Crippen LogP contribution in [-0.2, 0) is 4.79 Å². The van der Waals surface area contributed by atoms with Crippen molar-refractivity contribution in [2.75, 3.05) is 6.61 Å². The lowest BCUT2D eigenvalue weighted by Crippen LogP contribution is -2.44. The van der Waals surface area contributed by atoms with Crippen LogP contribution in [0.15, 0.2) is 11.1 Å². The van der Waals surface area contributed by atoms with Crippen molar-refractivity contribution in [2.45, 2.75) is 11.8 Å². The maximum atomic E-state index is 10.8. The molecule has 3 nitrogen and oxygen atoms in total. The summed E-state index contributed by atoms with van der Waals surface area (Å²) in [6.07, 6.45) is 2.37. The number of hydrogen-bond acceptors (Lipinski definition) is 3. The molecule has 0 aromatic heterocycles. The molecule has 0 saturated carbocycles. The van der Waals surface area contributed by atoms with E-state index < -0.39 is 0 Å². The van der Waals surface area contributed by atoms with Crippen molar-refractivity contribution in [1.82, 2.24) is 4.90 Å². The molecular weight excluding hydrogens is 150 g/mol. The van der Waals surface area contributed by atoms with Crippen molar-refractivity contribution in [3.05, 3.63) is 11.1 Å². The van der Waals surface area contributed by atoms with Crippen LogP contribution >= 0.6 is 11.8 Å². The number of β-lactam (4-membered cyclic amide) rings is 1. The molecule has 1 fully saturated rings. The van der Waals surface area contributed by atoms with E-state index in [1.807, 2.05) is 0 Å². The van der Waals surface area contributed by atoms with Gasteiger partial charge in [-0.15, -0.1) is 11.8 Å². The number of nitrogens with zero attached hydrogens (tertiary/aromatic N) is 1. The van der Waals surface area contributed by atoms with E-state index in [0.717, 1.165) is 4.91 Å². The lowest BCUT2D eigenvalue weighted by molar-refractivity contribution is -0.137. The highest BCUT2D eigenvalue weighted by Crippen LogP contribution is 2.40. The topological polar surface area (TPSA) is 40.5 Å². The second-order valence-corrected chi connectivity index (χ2v) is 3.64. The average molecular weight is 157 g/mol. The van der Waals surface area contributed by atoms with Gasteiger partial charge in [0.25, 0.3) is 0 Å². The molecule has 54 valence electrons. The zero-order valence-corrected chi connectivity index (χ0v) is 6.10. The molecule has 1 atom stereocenters. The van der Waals surface area contributed by atoms with E-state index >= 15 is 0 Å². The number of rotatable bonds is 1. The van der Waals surface area contributed by atoms with Gasteiger partial charge in [-0.05, 0) is 0 Å². The second kappa shape index (κ2) is 2.00. The van der Waals surface area contributed by atoms with Crippen LogP contribution in [0.4, 0.5) is 0 Å². The summed E-state index contributed by atoms with van der Waals surface area (Å²) in [5.74, 6) is 0.168. The minimum atomic E-state index is 0.0605. The first-order valence-electron chi connectivity index (χ1n) is 3.10. The Hall–Kier alpha value is -0.480. The zero-order chi connectivity index (χ0) is 7.14. The Morgan fingerprint density at radius 3 is 3.20 bits per heavy atom. The maximum absolute atomic E-state index is 10.8. The van der Waals surface area contributed by atoms with Gasteiger partial charge in [-0.1, -0.05) is 0 Å². The number of amides is 1. The molecular formula is C6H7NO2S. The van der Waals surface area contributed by atoms with Crippen LogP contribution in [0.3, 0.4) is 0 Å². The van der Waals surface area contributed by atoms with Gasteiger partial charge in [0.15, 0.2) is 0 Å². The van der Waals surface area contributed by atoms with Crippen molar-refractivity contribution in [1.29, 1.82) is 0 Å². The number of thioether (sulfide) groups is 1. The minimum Gasteiger partial charge on any atom is -0.391 e. The number of carbonyl (C=O) groups is 1.